The van der Waals surface area contributed by atoms with Gasteiger partial charge in [-0.05, 0) is 31.9 Å². The Bertz CT molecular complexity index is 430. The highest BCUT2D eigenvalue weighted by molar-refractivity contribution is 5.80. The maximum Gasteiger partial charge on any atom is 0.249 e. The van der Waals surface area contributed by atoms with E-state index in [1.165, 1.54) is 0 Å². The van der Waals surface area contributed by atoms with E-state index in [4.69, 9.17) is 14.2 Å². The topological polar surface area (TPSA) is 56.8 Å². The Labute approximate surface area is 119 Å². The Kier molecular flexibility index (Phi) is 5.68. The maximum atomic E-state index is 11.7. The van der Waals surface area contributed by atoms with Crippen LogP contribution in [-0.2, 0) is 9.53 Å². The summed E-state index contributed by atoms with van der Waals surface area (Å²) in [4.78, 5) is 11.7. The molecule has 5 heteroatoms. The van der Waals surface area contributed by atoms with Crippen molar-refractivity contribution in [2.24, 2.45) is 0 Å². The average molecular weight is 279 g/mol. The molecule has 110 valence electrons. The molecule has 1 aromatic carbocycles. The number of benzene rings is 1. The van der Waals surface area contributed by atoms with Gasteiger partial charge in [-0.3, -0.25) is 4.79 Å². The van der Waals surface area contributed by atoms with Crippen LogP contribution >= 0.6 is 0 Å². The molecule has 0 spiro atoms. The van der Waals surface area contributed by atoms with Gasteiger partial charge in [0.2, 0.25) is 5.91 Å². The van der Waals surface area contributed by atoms with Crippen molar-refractivity contribution < 1.29 is 19.0 Å². The Morgan fingerprint density at radius 2 is 2.20 bits per heavy atom. The lowest BCUT2D eigenvalue weighted by atomic mass is 10.2. The molecule has 0 aromatic heterocycles. The fourth-order valence-electron chi connectivity index (χ4n) is 2.06. The number of rotatable bonds is 7. The highest BCUT2D eigenvalue weighted by Gasteiger charge is 2.22. The summed E-state index contributed by atoms with van der Waals surface area (Å²) < 4.78 is 16.3. The first-order valence-electron chi connectivity index (χ1n) is 7.04. The standard InChI is InChI=1S/C15H21NO4/c1-2-18-12-5-3-6-13(11-12)19-10-8-16-15(17)14-7-4-9-20-14/h3,5-6,11,14H,2,4,7-10H2,1H3,(H,16,17). The van der Waals surface area contributed by atoms with E-state index in [0.29, 0.717) is 26.4 Å². The van der Waals surface area contributed by atoms with Crippen molar-refractivity contribution in [3.63, 3.8) is 0 Å². The van der Waals surface area contributed by atoms with Gasteiger partial charge in [0.25, 0.3) is 0 Å². The zero-order valence-electron chi connectivity index (χ0n) is 11.8. The van der Waals surface area contributed by atoms with Gasteiger partial charge >= 0.3 is 0 Å². The van der Waals surface area contributed by atoms with Crippen LogP contribution in [0.15, 0.2) is 24.3 Å². The van der Waals surface area contributed by atoms with Gasteiger partial charge in [-0.15, -0.1) is 0 Å². The third-order valence-electron chi connectivity index (χ3n) is 3.01. The summed E-state index contributed by atoms with van der Waals surface area (Å²) in [6, 6.07) is 7.47. The van der Waals surface area contributed by atoms with Gasteiger partial charge in [0.05, 0.1) is 13.2 Å². The first-order valence-corrected chi connectivity index (χ1v) is 7.04. The monoisotopic (exact) mass is 279 g/mol. The molecule has 1 N–H and O–H groups in total. The molecule has 5 nitrogen and oxygen atoms in total. The van der Waals surface area contributed by atoms with Crippen LogP contribution in [0, 0.1) is 0 Å². The molecule has 0 aliphatic carbocycles. The molecule has 0 bridgehead atoms. The minimum Gasteiger partial charge on any atom is -0.494 e. The van der Waals surface area contributed by atoms with E-state index in [9.17, 15) is 4.79 Å². The van der Waals surface area contributed by atoms with Gasteiger partial charge in [0.1, 0.15) is 24.2 Å². The van der Waals surface area contributed by atoms with E-state index in [0.717, 1.165) is 24.3 Å². The van der Waals surface area contributed by atoms with Gasteiger partial charge in [-0.1, -0.05) is 6.07 Å². The highest BCUT2D eigenvalue weighted by atomic mass is 16.5. The third kappa shape index (κ3) is 4.42. The van der Waals surface area contributed by atoms with Crippen LogP contribution in [0.1, 0.15) is 19.8 Å². The molecule has 1 unspecified atom stereocenters. The lowest BCUT2D eigenvalue weighted by molar-refractivity contribution is -0.130. The summed E-state index contributed by atoms with van der Waals surface area (Å²) in [5, 5.41) is 2.81. The van der Waals surface area contributed by atoms with E-state index in [1.54, 1.807) is 0 Å². The lowest BCUT2D eigenvalue weighted by Crippen LogP contribution is -2.36. The lowest BCUT2D eigenvalue weighted by Gasteiger charge is -2.11. The molecule has 1 heterocycles. The molecule has 1 saturated heterocycles. The second-order valence-electron chi connectivity index (χ2n) is 4.55. The van der Waals surface area contributed by atoms with Crippen molar-refractivity contribution in [3.05, 3.63) is 24.3 Å². The number of hydrogen-bond acceptors (Lipinski definition) is 4. The molecule has 0 saturated carbocycles. The van der Waals surface area contributed by atoms with Crippen molar-refractivity contribution >= 4 is 5.91 Å². The predicted molar refractivity (Wildman–Crippen MR) is 75.1 cm³/mol. The molecule has 0 radical (unpaired) electrons. The number of nitrogens with one attached hydrogen (secondary N) is 1. The number of hydrogen-bond donors (Lipinski definition) is 1. The van der Waals surface area contributed by atoms with Crippen LogP contribution in [0.3, 0.4) is 0 Å². The predicted octanol–water partition coefficient (Wildman–Crippen LogP) is 1.76. The molecular formula is C15H21NO4. The van der Waals surface area contributed by atoms with Crippen LogP contribution in [0.2, 0.25) is 0 Å². The zero-order chi connectivity index (χ0) is 14.2. The van der Waals surface area contributed by atoms with E-state index in [-0.39, 0.29) is 12.0 Å². The van der Waals surface area contributed by atoms with Crippen LogP contribution in [0.4, 0.5) is 0 Å². The van der Waals surface area contributed by atoms with E-state index < -0.39 is 0 Å². The van der Waals surface area contributed by atoms with E-state index in [2.05, 4.69) is 5.32 Å². The Balaban J connectivity index is 1.67. The van der Waals surface area contributed by atoms with Crippen LogP contribution in [-0.4, -0.2) is 38.4 Å². The summed E-state index contributed by atoms with van der Waals surface area (Å²) in [6.45, 7) is 4.14. The Hall–Kier alpha value is -1.75. The highest BCUT2D eigenvalue weighted by Crippen LogP contribution is 2.19. The van der Waals surface area contributed by atoms with Gasteiger partial charge in [-0.2, -0.15) is 0 Å². The molecular weight excluding hydrogens is 258 g/mol. The molecule has 20 heavy (non-hydrogen) atoms. The van der Waals surface area contributed by atoms with E-state index in [1.807, 2.05) is 31.2 Å². The Morgan fingerprint density at radius 1 is 1.40 bits per heavy atom. The molecule has 1 aliphatic heterocycles. The molecule has 1 aromatic rings. The van der Waals surface area contributed by atoms with Gasteiger partial charge < -0.3 is 19.5 Å². The smallest absolute Gasteiger partial charge is 0.249 e. The second-order valence-corrected chi connectivity index (χ2v) is 4.55. The van der Waals surface area contributed by atoms with Crippen LogP contribution in [0.5, 0.6) is 11.5 Å². The summed E-state index contributed by atoms with van der Waals surface area (Å²) in [6.07, 6.45) is 1.48. The summed E-state index contributed by atoms with van der Waals surface area (Å²) in [7, 11) is 0. The number of amides is 1. The quantitative estimate of drug-likeness (QED) is 0.773. The Morgan fingerprint density at radius 3 is 2.90 bits per heavy atom. The SMILES string of the molecule is CCOc1cccc(OCCNC(=O)C2CCCO2)c1. The summed E-state index contributed by atoms with van der Waals surface area (Å²) in [5.41, 5.74) is 0. The van der Waals surface area contributed by atoms with Crippen molar-refractivity contribution in [2.75, 3.05) is 26.4 Å². The molecule has 1 atom stereocenters. The van der Waals surface area contributed by atoms with Crippen molar-refractivity contribution in [2.45, 2.75) is 25.9 Å². The number of ether oxygens (including phenoxy) is 3. The molecule has 1 amide bonds. The van der Waals surface area contributed by atoms with Crippen molar-refractivity contribution in [1.82, 2.24) is 5.32 Å². The van der Waals surface area contributed by atoms with Crippen LogP contribution < -0.4 is 14.8 Å². The van der Waals surface area contributed by atoms with Gasteiger partial charge in [0, 0.05) is 12.7 Å². The maximum absolute atomic E-state index is 11.7. The van der Waals surface area contributed by atoms with Crippen molar-refractivity contribution in [3.8, 4) is 11.5 Å². The number of carbonyl (C=O) groups is 1. The summed E-state index contributed by atoms with van der Waals surface area (Å²) in [5.74, 6) is 1.48. The zero-order valence-corrected chi connectivity index (χ0v) is 11.8. The first-order chi connectivity index (χ1) is 9.79. The second kappa shape index (κ2) is 7.75. The normalized spacial score (nSPS) is 17.8. The average Bonchev–Trinajstić information content (AvgIpc) is 2.98. The molecule has 1 aliphatic rings. The van der Waals surface area contributed by atoms with E-state index >= 15 is 0 Å². The minimum atomic E-state index is -0.281. The largest absolute Gasteiger partial charge is 0.494 e. The fraction of sp³-hybridized carbons (Fsp3) is 0.533. The van der Waals surface area contributed by atoms with Crippen molar-refractivity contribution in [1.29, 1.82) is 0 Å². The third-order valence-corrected chi connectivity index (χ3v) is 3.01. The first kappa shape index (κ1) is 14.7. The minimum absolute atomic E-state index is 0.0471. The van der Waals surface area contributed by atoms with Gasteiger partial charge in [0.15, 0.2) is 0 Å². The summed E-state index contributed by atoms with van der Waals surface area (Å²) >= 11 is 0. The fourth-order valence-corrected chi connectivity index (χ4v) is 2.06. The van der Waals surface area contributed by atoms with Crippen LogP contribution in [0.25, 0.3) is 0 Å². The van der Waals surface area contributed by atoms with Gasteiger partial charge in [-0.25, -0.2) is 0 Å². The number of carbonyl (C=O) groups excluding carboxylic acids is 1. The molecule has 1 fully saturated rings. The molecule has 2 rings (SSSR count).